The first-order valence-electron chi connectivity index (χ1n) is 9.58. The highest BCUT2D eigenvalue weighted by Gasteiger charge is 2.42. The molecule has 0 spiro atoms. The minimum absolute atomic E-state index is 0.0646. The summed E-state index contributed by atoms with van der Waals surface area (Å²) in [6, 6.07) is 0. The molecule has 4 rings (SSSR count). The summed E-state index contributed by atoms with van der Waals surface area (Å²) in [4.78, 5) is 14.2. The van der Waals surface area contributed by atoms with Crippen molar-refractivity contribution in [3.8, 4) is 0 Å². The summed E-state index contributed by atoms with van der Waals surface area (Å²) in [6.07, 6.45) is -0.664. The second-order valence-electron chi connectivity index (χ2n) is 7.61. The highest BCUT2D eigenvalue weighted by Crippen LogP contribution is 2.46. The van der Waals surface area contributed by atoms with Crippen LogP contribution in [0, 0.1) is 0 Å². The highest BCUT2D eigenvalue weighted by molar-refractivity contribution is 7.89. The Hall–Kier alpha value is -2.12. The Balaban J connectivity index is 1.44. The molecule has 0 bridgehead atoms. The van der Waals surface area contributed by atoms with Crippen LogP contribution in [0.2, 0.25) is 5.02 Å². The number of rotatable bonds is 5. The Kier molecular flexibility index (Phi) is 5.54. The lowest BCUT2D eigenvalue weighted by Gasteiger charge is -2.33. The SMILES string of the molecule is Cn1cc(S(=O)(=O)N2CCN(C(=O)Cn3nc(C(F)(F)F)c(Cl)c3C3CC3)CC2)cn1. The van der Waals surface area contributed by atoms with Crippen LogP contribution in [0.25, 0.3) is 0 Å². The second kappa shape index (κ2) is 7.78. The first-order valence-corrected chi connectivity index (χ1v) is 11.4. The summed E-state index contributed by atoms with van der Waals surface area (Å²) in [5.74, 6) is -0.571. The van der Waals surface area contributed by atoms with E-state index in [-0.39, 0.29) is 49.2 Å². The molecule has 1 aliphatic heterocycles. The number of halogens is 4. The summed E-state index contributed by atoms with van der Waals surface area (Å²) < 4.78 is 68.6. The van der Waals surface area contributed by atoms with Crippen molar-refractivity contribution in [2.24, 2.45) is 7.05 Å². The van der Waals surface area contributed by atoms with Crippen LogP contribution in [0.4, 0.5) is 13.2 Å². The number of aromatic nitrogens is 4. The minimum Gasteiger partial charge on any atom is -0.338 e. The Morgan fingerprint density at radius 1 is 1.23 bits per heavy atom. The monoisotopic (exact) mass is 480 g/mol. The molecule has 0 atom stereocenters. The number of carbonyl (C=O) groups excluding carboxylic acids is 1. The van der Waals surface area contributed by atoms with Gasteiger partial charge >= 0.3 is 6.18 Å². The number of amides is 1. The number of aryl methyl sites for hydroxylation is 1. The molecule has 0 aromatic carbocycles. The molecule has 0 unspecified atom stereocenters. The number of carbonyl (C=O) groups is 1. The first-order chi connectivity index (χ1) is 14.5. The van der Waals surface area contributed by atoms with Gasteiger partial charge in [-0.15, -0.1) is 0 Å². The standard InChI is InChI=1S/C17H20ClF3N6O3S/c1-24-9-12(8-22-24)31(29,30)26-6-4-25(5-7-26)13(28)10-27-15(11-2-3-11)14(18)16(23-27)17(19,20)21/h8-9,11H,2-7,10H2,1H3. The molecule has 9 nitrogen and oxygen atoms in total. The van der Waals surface area contributed by atoms with Gasteiger partial charge in [-0.1, -0.05) is 11.6 Å². The molecular formula is C17H20ClF3N6O3S. The molecule has 2 aromatic rings. The number of alkyl halides is 3. The van der Waals surface area contributed by atoms with E-state index in [2.05, 4.69) is 10.2 Å². The van der Waals surface area contributed by atoms with E-state index >= 15 is 0 Å². The minimum atomic E-state index is -4.71. The molecule has 0 radical (unpaired) electrons. The molecule has 1 aliphatic carbocycles. The van der Waals surface area contributed by atoms with Crippen LogP contribution in [0.5, 0.6) is 0 Å². The lowest BCUT2D eigenvalue weighted by Crippen LogP contribution is -2.51. The fraction of sp³-hybridized carbons (Fsp3) is 0.588. The van der Waals surface area contributed by atoms with Gasteiger partial charge in [0, 0.05) is 45.3 Å². The van der Waals surface area contributed by atoms with Crippen LogP contribution >= 0.6 is 11.6 Å². The molecule has 1 saturated carbocycles. The number of sulfonamides is 1. The van der Waals surface area contributed by atoms with Gasteiger partial charge in [0.1, 0.15) is 11.4 Å². The Bertz CT molecular complexity index is 1100. The van der Waals surface area contributed by atoms with Crippen molar-refractivity contribution < 1.29 is 26.4 Å². The number of piperazine rings is 1. The summed E-state index contributed by atoms with van der Waals surface area (Å²) in [5, 5.41) is 6.99. The molecule has 170 valence electrons. The zero-order valence-electron chi connectivity index (χ0n) is 16.5. The van der Waals surface area contributed by atoms with Gasteiger partial charge in [0.25, 0.3) is 0 Å². The Morgan fingerprint density at radius 3 is 2.39 bits per heavy atom. The molecule has 31 heavy (non-hydrogen) atoms. The number of hydrogen-bond donors (Lipinski definition) is 0. The number of hydrogen-bond acceptors (Lipinski definition) is 5. The van der Waals surface area contributed by atoms with Gasteiger partial charge in [-0.05, 0) is 12.8 Å². The molecule has 0 N–H and O–H groups in total. The predicted octanol–water partition coefficient (Wildman–Crippen LogP) is 1.70. The normalized spacial score (nSPS) is 18.5. The van der Waals surface area contributed by atoms with E-state index in [0.29, 0.717) is 12.8 Å². The maximum atomic E-state index is 13.2. The average Bonchev–Trinajstić information content (AvgIpc) is 3.33. The molecule has 2 fully saturated rings. The lowest BCUT2D eigenvalue weighted by atomic mass is 10.2. The third-order valence-electron chi connectivity index (χ3n) is 5.36. The van der Waals surface area contributed by atoms with Crippen LogP contribution in [0.15, 0.2) is 17.3 Å². The molecular weight excluding hydrogens is 461 g/mol. The van der Waals surface area contributed by atoms with Crippen molar-refractivity contribution in [1.82, 2.24) is 28.8 Å². The lowest BCUT2D eigenvalue weighted by molar-refractivity contribution is -0.142. The van der Waals surface area contributed by atoms with Gasteiger partial charge in [0.05, 0.1) is 16.9 Å². The van der Waals surface area contributed by atoms with Crippen molar-refractivity contribution in [2.45, 2.75) is 36.4 Å². The van der Waals surface area contributed by atoms with Crippen molar-refractivity contribution >= 4 is 27.5 Å². The van der Waals surface area contributed by atoms with Crippen LogP contribution in [0.1, 0.15) is 30.1 Å². The van der Waals surface area contributed by atoms with Crippen molar-refractivity contribution in [3.05, 3.63) is 28.8 Å². The third kappa shape index (κ3) is 4.30. The van der Waals surface area contributed by atoms with Crippen molar-refractivity contribution in [1.29, 1.82) is 0 Å². The third-order valence-corrected chi connectivity index (χ3v) is 7.58. The fourth-order valence-electron chi connectivity index (χ4n) is 3.59. The van der Waals surface area contributed by atoms with E-state index < -0.39 is 32.8 Å². The molecule has 1 saturated heterocycles. The highest BCUT2D eigenvalue weighted by atomic mass is 35.5. The zero-order chi connectivity index (χ0) is 22.6. The maximum Gasteiger partial charge on any atom is 0.436 e. The van der Waals surface area contributed by atoms with E-state index in [1.54, 1.807) is 7.05 Å². The van der Waals surface area contributed by atoms with Crippen molar-refractivity contribution in [3.63, 3.8) is 0 Å². The first kappa shape index (κ1) is 22.1. The molecule has 3 heterocycles. The zero-order valence-corrected chi connectivity index (χ0v) is 18.1. The predicted molar refractivity (Wildman–Crippen MR) is 103 cm³/mol. The fourth-order valence-corrected chi connectivity index (χ4v) is 5.39. The average molecular weight is 481 g/mol. The van der Waals surface area contributed by atoms with E-state index in [4.69, 9.17) is 11.6 Å². The quantitative estimate of drug-likeness (QED) is 0.649. The summed E-state index contributed by atoms with van der Waals surface area (Å²) in [7, 11) is -2.12. The van der Waals surface area contributed by atoms with E-state index in [1.165, 1.54) is 26.3 Å². The Morgan fingerprint density at radius 2 is 1.87 bits per heavy atom. The second-order valence-corrected chi connectivity index (χ2v) is 9.93. The summed E-state index contributed by atoms with van der Waals surface area (Å²) >= 11 is 5.94. The van der Waals surface area contributed by atoms with Crippen LogP contribution in [-0.4, -0.2) is 69.3 Å². The van der Waals surface area contributed by atoms with E-state index in [1.807, 2.05) is 0 Å². The summed E-state index contributed by atoms with van der Waals surface area (Å²) in [5.41, 5.74) is -0.948. The van der Waals surface area contributed by atoms with Gasteiger partial charge in [-0.2, -0.15) is 27.7 Å². The smallest absolute Gasteiger partial charge is 0.338 e. The van der Waals surface area contributed by atoms with E-state index in [0.717, 1.165) is 4.68 Å². The topological polar surface area (TPSA) is 93.3 Å². The van der Waals surface area contributed by atoms with Gasteiger partial charge < -0.3 is 4.90 Å². The molecule has 14 heteroatoms. The van der Waals surface area contributed by atoms with Gasteiger partial charge in [-0.25, -0.2) is 8.42 Å². The Labute approximate surface area is 181 Å². The molecule has 2 aromatic heterocycles. The van der Waals surface area contributed by atoms with Gasteiger partial charge in [-0.3, -0.25) is 14.2 Å². The van der Waals surface area contributed by atoms with Crippen LogP contribution in [0.3, 0.4) is 0 Å². The molecule has 1 amide bonds. The van der Waals surface area contributed by atoms with Crippen LogP contribution in [-0.2, 0) is 34.6 Å². The summed E-state index contributed by atoms with van der Waals surface area (Å²) in [6.45, 7) is 0.0195. The maximum absolute atomic E-state index is 13.2. The molecule has 2 aliphatic rings. The number of nitrogens with zero attached hydrogens (tertiary/aromatic N) is 6. The van der Waals surface area contributed by atoms with E-state index in [9.17, 15) is 26.4 Å². The van der Waals surface area contributed by atoms with Gasteiger partial charge in [0.15, 0.2) is 5.69 Å². The largest absolute Gasteiger partial charge is 0.436 e. The van der Waals surface area contributed by atoms with Crippen molar-refractivity contribution in [2.75, 3.05) is 26.2 Å². The van der Waals surface area contributed by atoms with Gasteiger partial charge in [0.2, 0.25) is 15.9 Å². The van der Waals surface area contributed by atoms with Crippen LogP contribution < -0.4 is 0 Å².